The van der Waals surface area contributed by atoms with E-state index < -0.39 is 0 Å². The van der Waals surface area contributed by atoms with Gasteiger partial charge >= 0.3 is 0 Å². The van der Waals surface area contributed by atoms with Crippen LogP contribution >= 0.6 is 0 Å². The smallest absolute Gasteiger partial charge is 0.138 e. The highest BCUT2D eigenvalue weighted by Crippen LogP contribution is 2.48. The largest absolute Gasteiger partial charge is 0.392 e. The molecule has 0 saturated heterocycles. The van der Waals surface area contributed by atoms with Crippen molar-refractivity contribution in [2.45, 2.75) is 45.8 Å². The van der Waals surface area contributed by atoms with Gasteiger partial charge in [0.15, 0.2) is 0 Å². The van der Waals surface area contributed by atoms with E-state index in [2.05, 4.69) is 17.0 Å². The fourth-order valence-electron chi connectivity index (χ4n) is 1.66. The van der Waals surface area contributed by atoms with Crippen molar-refractivity contribution in [2.24, 2.45) is 5.41 Å². The number of hydrogen-bond acceptors (Lipinski definition) is 3. The van der Waals surface area contributed by atoms with Crippen molar-refractivity contribution >= 4 is 0 Å². The summed E-state index contributed by atoms with van der Waals surface area (Å²) in [6, 6.07) is 0. The van der Waals surface area contributed by atoms with Gasteiger partial charge in [-0.2, -0.15) is 5.10 Å². The molecule has 4 nitrogen and oxygen atoms in total. The van der Waals surface area contributed by atoms with Crippen molar-refractivity contribution in [3.05, 3.63) is 12.2 Å². The minimum absolute atomic E-state index is 0.143. The number of aliphatic hydroxyl groups excluding tert-OH is 1. The Morgan fingerprint density at radius 1 is 1.64 bits per heavy atom. The summed E-state index contributed by atoms with van der Waals surface area (Å²) in [7, 11) is 0. The highest BCUT2D eigenvalue weighted by molar-refractivity contribution is 5.00. The maximum atomic E-state index is 9.96. The Balaban J connectivity index is 2.03. The summed E-state index contributed by atoms with van der Waals surface area (Å²) in [5.74, 6) is 0.896. The number of aliphatic hydroxyl groups is 1. The zero-order valence-electron chi connectivity index (χ0n) is 8.77. The molecule has 1 aliphatic carbocycles. The van der Waals surface area contributed by atoms with Gasteiger partial charge in [-0.05, 0) is 25.2 Å². The Bertz CT molecular complexity index is 317. The third kappa shape index (κ3) is 1.66. The molecule has 1 N–H and O–H groups in total. The van der Waals surface area contributed by atoms with Crippen molar-refractivity contribution in [3.8, 4) is 0 Å². The van der Waals surface area contributed by atoms with Crippen LogP contribution in [0.5, 0.6) is 0 Å². The van der Waals surface area contributed by atoms with E-state index in [1.165, 1.54) is 0 Å². The topological polar surface area (TPSA) is 50.9 Å². The molecule has 1 saturated carbocycles. The van der Waals surface area contributed by atoms with E-state index in [-0.39, 0.29) is 11.5 Å². The summed E-state index contributed by atoms with van der Waals surface area (Å²) in [5.41, 5.74) is 0.143. The molecule has 0 aromatic carbocycles. The normalized spacial score (nSPS) is 20.8. The molecule has 0 amide bonds. The molecule has 0 bridgehead atoms. The van der Waals surface area contributed by atoms with Crippen LogP contribution in [0.2, 0.25) is 0 Å². The zero-order chi connectivity index (χ0) is 10.2. The van der Waals surface area contributed by atoms with Gasteiger partial charge in [-0.15, -0.1) is 0 Å². The molecule has 2 rings (SSSR count). The molecule has 1 fully saturated rings. The molecule has 78 valence electrons. The van der Waals surface area contributed by atoms with Gasteiger partial charge in [0, 0.05) is 13.0 Å². The minimum Gasteiger partial charge on any atom is -0.392 e. The second-order valence-corrected chi connectivity index (χ2v) is 4.37. The van der Waals surface area contributed by atoms with Crippen LogP contribution in [0, 0.1) is 5.41 Å². The molecule has 1 aromatic rings. The number of hydrogen-bond donors (Lipinski definition) is 1. The first kappa shape index (κ1) is 9.65. The first-order valence-corrected chi connectivity index (χ1v) is 5.20. The van der Waals surface area contributed by atoms with Crippen LogP contribution in [-0.2, 0) is 13.0 Å². The summed E-state index contributed by atoms with van der Waals surface area (Å²) in [5, 5.41) is 14.0. The van der Waals surface area contributed by atoms with Gasteiger partial charge in [0.05, 0.1) is 6.10 Å². The van der Waals surface area contributed by atoms with Gasteiger partial charge in [0.1, 0.15) is 12.2 Å². The zero-order valence-corrected chi connectivity index (χ0v) is 8.77. The van der Waals surface area contributed by atoms with Crippen molar-refractivity contribution in [3.63, 3.8) is 0 Å². The molecular weight excluding hydrogens is 178 g/mol. The quantitative estimate of drug-likeness (QED) is 0.779. The lowest BCUT2D eigenvalue weighted by atomic mass is 9.99. The highest BCUT2D eigenvalue weighted by atomic mass is 16.3. The van der Waals surface area contributed by atoms with E-state index in [0.717, 1.165) is 25.2 Å². The van der Waals surface area contributed by atoms with Gasteiger partial charge in [-0.1, -0.05) is 6.92 Å². The maximum absolute atomic E-state index is 9.96. The van der Waals surface area contributed by atoms with E-state index in [4.69, 9.17) is 0 Å². The van der Waals surface area contributed by atoms with Gasteiger partial charge < -0.3 is 5.11 Å². The molecule has 1 aliphatic rings. The second-order valence-electron chi connectivity index (χ2n) is 4.37. The predicted molar refractivity (Wildman–Crippen MR) is 52.7 cm³/mol. The van der Waals surface area contributed by atoms with Crippen LogP contribution in [0.1, 0.15) is 32.5 Å². The summed E-state index contributed by atoms with van der Waals surface area (Å²) >= 11 is 0. The van der Waals surface area contributed by atoms with E-state index >= 15 is 0 Å². The number of rotatable bonds is 4. The van der Waals surface area contributed by atoms with Crippen LogP contribution in [0.15, 0.2) is 6.33 Å². The van der Waals surface area contributed by atoms with E-state index in [9.17, 15) is 5.11 Å². The molecule has 14 heavy (non-hydrogen) atoms. The second kappa shape index (κ2) is 3.35. The van der Waals surface area contributed by atoms with Gasteiger partial charge in [0.25, 0.3) is 0 Å². The average molecular weight is 195 g/mol. The lowest BCUT2D eigenvalue weighted by molar-refractivity contribution is 0.1000. The SMILES string of the molecule is CCn1ncnc1CC(O)C1(C)CC1. The summed E-state index contributed by atoms with van der Waals surface area (Å²) < 4.78 is 1.84. The first-order valence-electron chi connectivity index (χ1n) is 5.20. The summed E-state index contributed by atoms with van der Waals surface area (Å²) in [6.07, 6.45) is 4.19. The van der Waals surface area contributed by atoms with Crippen molar-refractivity contribution in [1.29, 1.82) is 0 Å². The molecule has 1 atom stereocenters. The van der Waals surface area contributed by atoms with Crippen molar-refractivity contribution in [2.75, 3.05) is 0 Å². The Morgan fingerprint density at radius 2 is 2.36 bits per heavy atom. The Morgan fingerprint density at radius 3 is 2.93 bits per heavy atom. The third-order valence-electron chi connectivity index (χ3n) is 3.21. The van der Waals surface area contributed by atoms with E-state index in [1.807, 2.05) is 11.6 Å². The molecule has 1 aromatic heterocycles. The van der Waals surface area contributed by atoms with Crippen LogP contribution in [0.4, 0.5) is 0 Å². The molecule has 0 radical (unpaired) electrons. The first-order chi connectivity index (χ1) is 6.65. The lowest BCUT2D eigenvalue weighted by Crippen LogP contribution is -2.23. The van der Waals surface area contributed by atoms with E-state index in [1.54, 1.807) is 6.33 Å². The minimum atomic E-state index is -0.267. The maximum Gasteiger partial charge on any atom is 0.138 e. The van der Waals surface area contributed by atoms with Gasteiger partial charge in [-0.25, -0.2) is 4.98 Å². The van der Waals surface area contributed by atoms with Crippen LogP contribution in [0.25, 0.3) is 0 Å². The molecule has 1 unspecified atom stereocenters. The number of nitrogens with zero attached hydrogens (tertiary/aromatic N) is 3. The fraction of sp³-hybridized carbons (Fsp3) is 0.800. The van der Waals surface area contributed by atoms with Crippen molar-refractivity contribution < 1.29 is 5.11 Å². The highest BCUT2D eigenvalue weighted by Gasteiger charge is 2.44. The molecular formula is C10H17N3O. The summed E-state index contributed by atoms with van der Waals surface area (Å²) in [4.78, 5) is 4.16. The summed E-state index contributed by atoms with van der Waals surface area (Å²) in [6.45, 7) is 4.98. The van der Waals surface area contributed by atoms with Gasteiger partial charge in [0.2, 0.25) is 0 Å². The van der Waals surface area contributed by atoms with Crippen LogP contribution in [0.3, 0.4) is 0 Å². The number of aromatic nitrogens is 3. The monoisotopic (exact) mass is 195 g/mol. The Hall–Kier alpha value is -0.900. The molecule has 0 aliphatic heterocycles. The lowest BCUT2D eigenvalue weighted by Gasteiger charge is -2.16. The number of aryl methyl sites for hydroxylation is 1. The van der Waals surface area contributed by atoms with Crippen LogP contribution in [-0.4, -0.2) is 26.0 Å². The molecule has 4 heteroatoms. The standard InChI is InChI=1S/C10H17N3O/c1-3-13-9(11-7-12-13)6-8(14)10(2)4-5-10/h7-8,14H,3-6H2,1-2H3. The van der Waals surface area contributed by atoms with E-state index in [0.29, 0.717) is 6.42 Å². The Kier molecular flexibility index (Phi) is 2.31. The van der Waals surface area contributed by atoms with Gasteiger partial charge in [-0.3, -0.25) is 4.68 Å². The fourth-order valence-corrected chi connectivity index (χ4v) is 1.66. The Labute approximate surface area is 84.0 Å². The third-order valence-corrected chi connectivity index (χ3v) is 3.21. The molecule has 1 heterocycles. The van der Waals surface area contributed by atoms with Crippen molar-refractivity contribution in [1.82, 2.24) is 14.8 Å². The predicted octanol–water partition coefficient (Wildman–Crippen LogP) is 1.00. The average Bonchev–Trinajstić information content (AvgIpc) is 2.78. The van der Waals surface area contributed by atoms with Crippen LogP contribution < -0.4 is 0 Å². The molecule has 0 spiro atoms.